The summed E-state index contributed by atoms with van der Waals surface area (Å²) in [4.78, 5) is 48.5. The first kappa shape index (κ1) is 32.7. The van der Waals surface area contributed by atoms with E-state index in [1.54, 1.807) is 53.5 Å². The second-order valence-corrected chi connectivity index (χ2v) is 12.6. The summed E-state index contributed by atoms with van der Waals surface area (Å²) >= 11 is 6.57. The van der Waals surface area contributed by atoms with Crippen molar-refractivity contribution in [2.75, 3.05) is 36.1 Å². The molecule has 1 N–H and O–H groups in total. The Bertz CT molecular complexity index is 1450. The molecule has 3 aliphatic heterocycles. The van der Waals surface area contributed by atoms with Crippen molar-refractivity contribution in [3.05, 3.63) is 78.9 Å². The second-order valence-electron chi connectivity index (χ2n) is 12.1. The fraction of sp³-hybridized carbons (Fsp3) is 0.457. The Balaban J connectivity index is 1.59. The Morgan fingerprint density at radius 2 is 1.78 bits per heavy atom. The summed E-state index contributed by atoms with van der Waals surface area (Å²) in [5.41, 5.74) is -0.128. The number of hydrogen-bond acceptors (Lipinski definition) is 6. The monoisotopic (exact) mass is 635 g/mol. The molecule has 3 amide bonds. The minimum Gasteiger partial charge on any atom is -0.494 e. The fourth-order valence-corrected chi connectivity index (χ4v) is 7.64. The Morgan fingerprint density at radius 3 is 2.38 bits per heavy atom. The number of anilines is 2. The van der Waals surface area contributed by atoms with Crippen molar-refractivity contribution in [2.24, 2.45) is 17.8 Å². The lowest BCUT2D eigenvalue weighted by molar-refractivity contribution is -0.145. The van der Waals surface area contributed by atoms with Gasteiger partial charge in [0.15, 0.2) is 0 Å². The van der Waals surface area contributed by atoms with E-state index >= 15 is 0 Å². The van der Waals surface area contributed by atoms with Crippen LogP contribution in [0.25, 0.3) is 0 Å². The highest BCUT2D eigenvalue weighted by atomic mass is 35.5. The lowest BCUT2D eigenvalue weighted by Crippen LogP contribution is -2.59. The van der Waals surface area contributed by atoms with Crippen molar-refractivity contribution in [1.82, 2.24) is 4.90 Å². The molecule has 9 nitrogen and oxygen atoms in total. The van der Waals surface area contributed by atoms with Gasteiger partial charge in [0, 0.05) is 18.8 Å². The molecule has 1 spiro atoms. The fourth-order valence-electron chi connectivity index (χ4n) is 7.40. The van der Waals surface area contributed by atoms with Gasteiger partial charge in [-0.3, -0.25) is 14.4 Å². The number of para-hydroxylation sites is 1. The predicted octanol–water partition coefficient (Wildman–Crippen LogP) is 4.87. The molecule has 0 radical (unpaired) electrons. The lowest BCUT2D eigenvalue weighted by atomic mass is 9.70. The van der Waals surface area contributed by atoms with Crippen molar-refractivity contribution in [2.45, 2.75) is 57.4 Å². The lowest BCUT2D eigenvalue weighted by Gasteiger charge is -2.40. The molecule has 3 fully saturated rings. The third-order valence-electron chi connectivity index (χ3n) is 9.33. The molecule has 3 saturated heterocycles. The summed E-state index contributed by atoms with van der Waals surface area (Å²) in [5.74, 6) is -2.23. The van der Waals surface area contributed by atoms with E-state index in [2.05, 4.69) is 13.2 Å². The van der Waals surface area contributed by atoms with Gasteiger partial charge in [0.25, 0.3) is 5.91 Å². The summed E-state index contributed by atoms with van der Waals surface area (Å²) in [6.07, 6.45) is 3.65. The van der Waals surface area contributed by atoms with E-state index in [4.69, 9.17) is 21.1 Å². The van der Waals surface area contributed by atoms with Crippen LogP contribution in [0.1, 0.15) is 33.6 Å². The number of aliphatic hydroxyl groups is 1. The minimum atomic E-state index is -1.25. The highest BCUT2D eigenvalue weighted by Crippen LogP contribution is 2.59. The van der Waals surface area contributed by atoms with Crippen LogP contribution in [0.5, 0.6) is 5.75 Å². The number of nitrogens with zero attached hydrogens (tertiary/aromatic N) is 3. The first-order valence-electron chi connectivity index (χ1n) is 15.6. The van der Waals surface area contributed by atoms with Crippen LogP contribution in [-0.2, 0) is 19.1 Å². The van der Waals surface area contributed by atoms with Crippen molar-refractivity contribution in [3.8, 4) is 5.75 Å². The number of rotatable bonds is 13. The van der Waals surface area contributed by atoms with E-state index in [1.165, 1.54) is 9.80 Å². The second kappa shape index (κ2) is 13.4. The average Bonchev–Trinajstić information content (AvgIpc) is 3.67. The predicted molar refractivity (Wildman–Crippen MR) is 174 cm³/mol. The van der Waals surface area contributed by atoms with E-state index in [-0.39, 0.29) is 43.3 Å². The molecule has 6 atom stereocenters. The summed E-state index contributed by atoms with van der Waals surface area (Å²) in [6.45, 7) is 13.9. The maximum atomic E-state index is 14.8. The topological polar surface area (TPSA) is 99.6 Å². The third kappa shape index (κ3) is 5.55. The quantitative estimate of drug-likeness (QED) is 0.316. The number of amides is 3. The van der Waals surface area contributed by atoms with Crippen LogP contribution in [0.2, 0.25) is 5.02 Å². The highest BCUT2D eigenvalue weighted by molar-refractivity contribution is 6.34. The van der Waals surface area contributed by atoms with Gasteiger partial charge in [-0.15, -0.1) is 13.2 Å². The zero-order valence-corrected chi connectivity index (χ0v) is 26.9. The van der Waals surface area contributed by atoms with Gasteiger partial charge in [-0.2, -0.15) is 0 Å². The van der Waals surface area contributed by atoms with Gasteiger partial charge in [-0.25, -0.2) is 0 Å². The zero-order chi connectivity index (χ0) is 32.5. The van der Waals surface area contributed by atoms with Gasteiger partial charge in [-0.05, 0) is 62.1 Å². The van der Waals surface area contributed by atoms with E-state index in [9.17, 15) is 19.5 Å². The van der Waals surface area contributed by atoms with Crippen LogP contribution in [-0.4, -0.2) is 77.8 Å². The molecule has 0 aliphatic carbocycles. The maximum absolute atomic E-state index is 14.8. The van der Waals surface area contributed by atoms with Crippen molar-refractivity contribution < 1.29 is 29.0 Å². The molecule has 2 bridgehead atoms. The highest BCUT2D eigenvalue weighted by Gasteiger charge is 2.75. The molecular weight excluding hydrogens is 594 g/mol. The molecule has 5 rings (SSSR count). The number of fused-ring (bicyclic) bond motifs is 1. The summed E-state index contributed by atoms with van der Waals surface area (Å²) < 4.78 is 12.3. The van der Waals surface area contributed by atoms with E-state index in [0.29, 0.717) is 41.6 Å². The van der Waals surface area contributed by atoms with Gasteiger partial charge in [0.05, 0.1) is 47.9 Å². The molecule has 2 aromatic rings. The standard InChI is InChI=1S/C35H42ClN3O6/c1-6-19-37(23-13-15-24(16-14-23)44-8-3)32(41)29-28-17-18-35(45-28)30(29)33(42)39(27(21-40)22(4)5)31(35)34(43)38(20-7-2)26-12-10-9-11-25(26)36/h6-7,9-16,22,27-31,40H,1-2,8,17-21H2,3-5H3/t27-,28-,29+,30-,31?,35?/m0/s1. The summed E-state index contributed by atoms with van der Waals surface area (Å²) in [6, 6.07) is 12.5. The smallest absolute Gasteiger partial charge is 0.253 e. The minimum absolute atomic E-state index is 0.143. The molecule has 3 heterocycles. The van der Waals surface area contributed by atoms with E-state index in [0.717, 1.165) is 0 Å². The van der Waals surface area contributed by atoms with Crippen molar-refractivity contribution in [1.29, 1.82) is 0 Å². The SMILES string of the molecule is C=CCN(C(=O)[C@@H]1[C@@H]2CCC3(O2)C(C(=O)N(CC=C)c2ccccc2Cl)N([C@@H](CO)C(C)C)C(=O)[C@H]13)c1ccc(OCC)cc1. The number of carbonyl (C=O) groups excluding carboxylic acids is 3. The van der Waals surface area contributed by atoms with Crippen LogP contribution < -0.4 is 14.5 Å². The number of hydrogen-bond donors (Lipinski definition) is 1. The number of ether oxygens (including phenoxy) is 2. The van der Waals surface area contributed by atoms with Gasteiger partial charge in [0.1, 0.15) is 17.4 Å². The van der Waals surface area contributed by atoms with Gasteiger partial charge in [-0.1, -0.05) is 49.7 Å². The Morgan fingerprint density at radius 1 is 1.11 bits per heavy atom. The molecule has 3 aliphatic rings. The van der Waals surface area contributed by atoms with Crippen LogP contribution in [0.4, 0.5) is 11.4 Å². The van der Waals surface area contributed by atoms with Crippen LogP contribution >= 0.6 is 11.6 Å². The summed E-state index contributed by atoms with van der Waals surface area (Å²) in [5, 5.41) is 10.9. The van der Waals surface area contributed by atoms with Gasteiger partial charge in [0.2, 0.25) is 11.8 Å². The number of aliphatic hydroxyl groups excluding tert-OH is 1. The molecule has 0 saturated carbocycles. The Labute approximate surface area is 270 Å². The number of carbonyl (C=O) groups is 3. The maximum Gasteiger partial charge on any atom is 0.253 e. The average molecular weight is 636 g/mol. The number of benzene rings is 2. The van der Waals surface area contributed by atoms with Gasteiger partial charge < -0.3 is 29.3 Å². The number of likely N-dealkylation sites (tertiary alicyclic amines) is 1. The van der Waals surface area contributed by atoms with Crippen molar-refractivity contribution >= 4 is 40.7 Å². The first-order chi connectivity index (χ1) is 21.6. The van der Waals surface area contributed by atoms with Crippen molar-refractivity contribution in [3.63, 3.8) is 0 Å². The molecule has 240 valence electrons. The normalized spacial score (nSPS) is 25.6. The number of halogens is 1. The Kier molecular flexibility index (Phi) is 9.72. The molecular formula is C35H42ClN3O6. The van der Waals surface area contributed by atoms with E-state index < -0.39 is 35.6 Å². The Hall–Kier alpha value is -3.66. The summed E-state index contributed by atoms with van der Waals surface area (Å²) in [7, 11) is 0. The zero-order valence-electron chi connectivity index (χ0n) is 26.1. The van der Waals surface area contributed by atoms with Crippen LogP contribution in [0.15, 0.2) is 73.8 Å². The van der Waals surface area contributed by atoms with Gasteiger partial charge >= 0.3 is 0 Å². The van der Waals surface area contributed by atoms with Crippen LogP contribution in [0.3, 0.4) is 0 Å². The first-order valence-corrected chi connectivity index (χ1v) is 16.0. The molecule has 2 aromatic carbocycles. The molecule has 2 unspecified atom stereocenters. The third-order valence-corrected chi connectivity index (χ3v) is 9.65. The van der Waals surface area contributed by atoms with E-state index in [1.807, 2.05) is 32.9 Å². The molecule has 0 aromatic heterocycles. The molecule has 10 heteroatoms. The largest absolute Gasteiger partial charge is 0.494 e. The molecule has 45 heavy (non-hydrogen) atoms. The van der Waals surface area contributed by atoms with Crippen LogP contribution in [0, 0.1) is 17.8 Å².